The van der Waals surface area contributed by atoms with Gasteiger partial charge in [-0.2, -0.15) is 0 Å². The average molecular weight is 225 g/mol. The van der Waals surface area contributed by atoms with Crippen molar-refractivity contribution in [1.29, 1.82) is 0 Å². The van der Waals surface area contributed by atoms with Crippen LogP contribution >= 0.6 is 0 Å². The number of para-hydroxylation sites is 1. The zero-order chi connectivity index (χ0) is 11.8. The summed E-state index contributed by atoms with van der Waals surface area (Å²) in [7, 11) is 0. The molecule has 2 aromatic heterocycles. The van der Waals surface area contributed by atoms with Gasteiger partial charge in [0.2, 0.25) is 0 Å². The van der Waals surface area contributed by atoms with Gasteiger partial charge in [-0.05, 0) is 18.6 Å². The monoisotopic (exact) mass is 225 g/mol. The number of nitrogens with zero attached hydrogens (tertiary/aromatic N) is 2. The molecule has 4 nitrogen and oxygen atoms in total. The molecule has 2 N–H and O–H groups in total. The van der Waals surface area contributed by atoms with Gasteiger partial charge >= 0.3 is 0 Å². The SMILES string of the molecule is Cc1cccc2cc(-c3cnc(N)cn3)oc12. The minimum Gasteiger partial charge on any atom is -0.454 e. The maximum atomic E-state index is 5.78. The zero-order valence-corrected chi connectivity index (χ0v) is 9.34. The smallest absolute Gasteiger partial charge is 0.155 e. The summed E-state index contributed by atoms with van der Waals surface area (Å²) in [6.45, 7) is 2.02. The first-order chi connectivity index (χ1) is 8.24. The lowest BCUT2D eigenvalue weighted by atomic mass is 10.2. The highest BCUT2D eigenvalue weighted by Crippen LogP contribution is 2.28. The van der Waals surface area contributed by atoms with Crippen LogP contribution in [-0.4, -0.2) is 9.97 Å². The Morgan fingerprint density at radius 3 is 2.76 bits per heavy atom. The Kier molecular flexibility index (Phi) is 2.08. The topological polar surface area (TPSA) is 64.9 Å². The van der Waals surface area contributed by atoms with Gasteiger partial charge in [-0.15, -0.1) is 0 Å². The third-order valence-electron chi connectivity index (χ3n) is 2.67. The first-order valence-electron chi connectivity index (χ1n) is 5.31. The summed E-state index contributed by atoms with van der Waals surface area (Å²) < 4.78 is 5.78. The molecule has 0 radical (unpaired) electrons. The van der Waals surface area contributed by atoms with Crippen LogP contribution in [0.5, 0.6) is 0 Å². The Morgan fingerprint density at radius 1 is 1.18 bits per heavy atom. The van der Waals surface area contributed by atoms with Crippen molar-refractivity contribution in [1.82, 2.24) is 9.97 Å². The minimum atomic E-state index is 0.404. The van der Waals surface area contributed by atoms with Crippen molar-refractivity contribution in [3.8, 4) is 11.5 Å². The van der Waals surface area contributed by atoms with Crippen molar-refractivity contribution in [2.75, 3.05) is 5.73 Å². The van der Waals surface area contributed by atoms with E-state index < -0.39 is 0 Å². The van der Waals surface area contributed by atoms with Crippen molar-refractivity contribution in [2.45, 2.75) is 6.92 Å². The van der Waals surface area contributed by atoms with Crippen molar-refractivity contribution in [2.24, 2.45) is 0 Å². The fraction of sp³-hybridized carbons (Fsp3) is 0.0769. The molecule has 0 aliphatic heterocycles. The second kappa shape index (κ2) is 3.59. The maximum Gasteiger partial charge on any atom is 0.155 e. The molecule has 0 spiro atoms. The zero-order valence-electron chi connectivity index (χ0n) is 9.34. The van der Waals surface area contributed by atoms with Crippen LogP contribution in [0.15, 0.2) is 41.1 Å². The number of hydrogen-bond acceptors (Lipinski definition) is 4. The molecule has 0 saturated heterocycles. The molecule has 1 aromatic carbocycles. The van der Waals surface area contributed by atoms with Gasteiger partial charge in [0, 0.05) is 5.39 Å². The third kappa shape index (κ3) is 1.63. The van der Waals surface area contributed by atoms with E-state index in [-0.39, 0.29) is 0 Å². The van der Waals surface area contributed by atoms with Crippen LogP contribution in [0, 0.1) is 6.92 Å². The molecular weight excluding hydrogens is 214 g/mol. The normalized spacial score (nSPS) is 10.9. The highest BCUT2D eigenvalue weighted by Gasteiger charge is 2.08. The van der Waals surface area contributed by atoms with Gasteiger partial charge in [0.1, 0.15) is 17.1 Å². The van der Waals surface area contributed by atoms with Crippen LogP contribution in [0.4, 0.5) is 5.82 Å². The fourth-order valence-electron chi connectivity index (χ4n) is 1.80. The van der Waals surface area contributed by atoms with Crippen LogP contribution in [-0.2, 0) is 0 Å². The molecule has 0 fully saturated rings. The predicted molar refractivity (Wildman–Crippen MR) is 66.4 cm³/mol. The van der Waals surface area contributed by atoms with Crippen molar-refractivity contribution >= 4 is 16.8 Å². The number of rotatable bonds is 1. The van der Waals surface area contributed by atoms with Gasteiger partial charge in [0.25, 0.3) is 0 Å². The molecule has 84 valence electrons. The van der Waals surface area contributed by atoms with E-state index in [0.717, 1.165) is 16.5 Å². The highest BCUT2D eigenvalue weighted by molar-refractivity contribution is 5.84. The number of nitrogens with two attached hydrogens (primary N) is 1. The largest absolute Gasteiger partial charge is 0.454 e. The standard InChI is InChI=1S/C13H11N3O/c1-8-3-2-4-9-5-11(17-13(8)9)10-6-16-12(14)7-15-10/h2-7H,1H3,(H2,14,16). The van der Waals surface area contributed by atoms with Gasteiger partial charge in [-0.1, -0.05) is 18.2 Å². The molecule has 0 amide bonds. The molecule has 0 aliphatic carbocycles. The lowest BCUT2D eigenvalue weighted by molar-refractivity contribution is 0.625. The first kappa shape index (κ1) is 9.84. The van der Waals surface area contributed by atoms with E-state index in [9.17, 15) is 0 Å². The van der Waals surface area contributed by atoms with Crippen LogP contribution < -0.4 is 5.73 Å². The summed E-state index contributed by atoms with van der Waals surface area (Å²) in [5, 5.41) is 1.07. The van der Waals surface area contributed by atoms with Crippen LogP contribution in [0.3, 0.4) is 0 Å². The first-order valence-corrected chi connectivity index (χ1v) is 5.31. The summed E-state index contributed by atoms with van der Waals surface area (Å²) in [4.78, 5) is 8.20. The summed E-state index contributed by atoms with van der Waals surface area (Å²) >= 11 is 0. The number of fused-ring (bicyclic) bond motifs is 1. The summed E-state index contributed by atoms with van der Waals surface area (Å²) in [5.74, 6) is 1.11. The Morgan fingerprint density at radius 2 is 2.06 bits per heavy atom. The van der Waals surface area contributed by atoms with Crippen LogP contribution in [0.2, 0.25) is 0 Å². The van der Waals surface area contributed by atoms with E-state index in [0.29, 0.717) is 17.3 Å². The van der Waals surface area contributed by atoms with Gasteiger partial charge in [0.05, 0.1) is 12.4 Å². The van der Waals surface area contributed by atoms with E-state index in [4.69, 9.17) is 10.2 Å². The van der Waals surface area contributed by atoms with Gasteiger partial charge < -0.3 is 10.2 Å². The van der Waals surface area contributed by atoms with E-state index in [1.165, 1.54) is 6.20 Å². The van der Waals surface area contributed by atoms with Crippen LogP contribution in [0.1, 0.15) is 5.56 Å². The molecule has 0 saturated carbocycles. The lowest BCUT2D eigenvalue weighted by Crippen LogP contribution is -1.91. The van der Waals surface area contributed by atoms with Crippen molar-refractivity contribution < 1.29 is 4.42 Å². The molecule has 4 heteroatoms. The molecular formula is C13H11N3O. The van der Waals surface area contributed by atoms with E-state index in [1.54, 1.807) is 6.20 Å². The molecule has 0 atom stereocenters. The third-order valence-corrected chi connectivity index (χ3v) is 2.67. The minimum absolute atomic E-state index is 0.404. The number of anilines is 1. The Balaban J connectivity index is 2.18. The van der Waals surface area contributed by atoms with Crippen LogP contribution in [0.25, 0.3) is 22.4 Å². The molecule has 0 unspecified atom stereocenters. The predicted octanol–water partition coefficient (Wildman–Crippen LogP) is 2.78. The maximum absolute atomic E-state index is 5.78. The molecule has 3 aromatic rings. The van der Waals surface area contributed by atoms with E-state index >= 15 is 0 Å². The second-order valence-electron chi connectivity index (χ2n) is 3.93. The average Bonchev–Trinajstić information content (AvgIpc) is 2.75. The molecule has 3 rings (SSSR count). The van der Waals surface area contributed by atoms with Gasteiger partial charge in [-0.25, -0.2) is 9.97 Å². The second-order valence-corrected chi connectivity index (χ2v) is 3.93. The number of aromatic nitrogens is 2. The number of hydrogen-bond donors (Lipinski definition) is 1. The molecule has 2 heterocycles. The quantitative estimate of drug-likeness (QED) is 0.691. The van der Waals surface area contributed by atoms with Crippen molar-refractivity contribution in [3.63, 3.8) is 0 Å². The summed E-state index contributed by atoms with van der Waals surface area (Å²) in [5.41, 5.74) is 8.19. The molecule has 17 heavy (non-hydrogen) atoms. The van der Waals surface area contributed by atoms with Gasteiger partial charge in [0.15, 0.2) is 5.76 Å². The fourth-order valence-corrected chi connectivity index (χ4v) is 1.80. The number of nitrogen functional groups attached to an aromatic ring is 1. The van der Waals surface area contributed by atoms with E-state index in [1.807, 2.05) is 31.2 Å². The Bertz CT molecular complexity index is 671. The highest BCUT2D eigenvalue weighted by atomic mass is 16.3. The number of benzene rings is 1. The Labute approximate surface area is 98.1 Å². The Hall–Kier alpha value is -2.36. The molecule has 0 bridgehead atoms. The number of aryl methyl sites for hydroxylation is 1. The van der Waals surface area contributed by atoms with Gasteiger partial charge in [-0.3, -0.25) is 0 Å². The van der Waals surface area contributed by atoms with E-state index in [2.05, 4.69) is 9.97 Å². The molecule has 0 aliphatic rings. The van der Waals surface area contributed by atoms with Crippen molar-refractivity contribution in [3.05, 3.63) is 42.2 Å². The summed E-state index contributed by atoms with van der Waals surface area (Å²) in [6.07, 6.45) is 3.14. The lowest BCUT2D eigenvalue weighted by Gasteiger charge is -1.95. The number of furan rings is 1. The summed E-state index contributed by atoms with van der Waals surface area (Å²) in [6, 6.07) is 8.00.